The molecule has 0 aliphatic carbocycles. The molecule has 0 fully saturated rings. The lowest BCUT2D eigenvalue weighted by molar-refractivity contribution is 0.0572. The quantitative estimate of drug-likeness (QED) is 0.880. The number of benzene rings is 1. The predicted octanol–water partition coefficient (Wildman–Crippen LogP) is 2.89. The number of rotatable bonds is 6. The summed E-state index contributed by atoms with van der Waals surface area (Å²) in [5.74, 6) is 1.34. The van der Waals surface area contributed by atoms with Gasteiger partial charge >= 0.3 is 0 Å². The average molecular weight is 332 g/mol. The molecule has 1 unspecified atom stereocenters. The van der Waals surface area contributed by atoms with Gasteiger partial charge in [0.05, 0.1) is 13.2 Å². The molecule has 0 aliphatic rings. The van der Waals surface area contributed by atoms with Crippen LogP contribution in [0, 0.1) is 6.92 Å². The van der Waals surface area contributed by atoms with Gasteiger partial charge in [0.2, 0.25) is 5.89 Å². The number of aryl methyl sites for hydroxylation is 1. The molecular weight excluding hydrogens is 308 g/mol. The minimum absolute atomic E-state index is 0.0485. The van der Waals surface area contributed by atoms with E-state index in [-0.39, 0.29) is 24.2 Å². The van der Waals surface area contributed by atoms with E-state index in [1.54, 1.807) is 25.9 Å². The molecule has 0 spiro atoms. The fraction of sp³-hybridized carbons (Fsp3) is 0.444. The molecule has 0 saturated heterocycles. The Morgan fingerprint density at radius 2 is 1.92 bits per heavy atom. The van der Waals surface area contributed by atoms with E-state index in [0.717, 1.165) is 11.3 Å². The van der Waals surface area contributed by atoms with Crippen LogP contribution in [0.5, 0.6) is 5.75 Å². The van der Waals surface area contributed by atoms with Crippen molar-refractivity contribution in [3.05, 3.63) is 35.7 Å². The molecule has 6 nitrogen and oxygen atoms in total. The molecule has 1 atom stereocenters. The predicted molar refractivity (Wildman–Crippen MR) is 91.1 cm³/mol. The highest BCUT2D eigenvalue weighted by Crippen LogP contribution is 2.25. The van der Waals surface area contributed by atoms with E-state index < -0.39 is 6.10 Å². The van der Waals surface area contributed by atoms with Crippen LogP contribution in [0.3, 0.4) is 0 Å². The molecule has 6 heteroatoms. The Morgan fingerprint density at radius 3 is 2.42 bits per heavy atom. The summed E-state index contributed by atoms with van der Waals surface area (Å²) >= 11 is 0. The van der Waals surface area contributed by atoms with E-state index in [1.807, 2.05) is 38.1 Å². The number of aliphatic hydroxyl groups is 1. The van der Waals surface area contributed by atoms with Crippen molar-refractivity contribution in [2.75, 3.05) is 13.7 Å². The molecule has 1 heterocycles. The molecule has 0 bridgehead atoms. The fourth-order valence-corrected chi connectivity index (χ4v) is 2.40. The van der Waals surface area contributed by atoms with Crippen molar-refractivity contribution in [3.63, 3.8) is 0 Å². The van der Waals surface area contributed by atoms with Gasteiger partial charge in [-0.15, -0.1) is 0 Å². The van der Waals surface area contributed by atoms with Gasteiger partial charge in [-0.05, 0) is 52.0 Å². The standard InChI is InChI=1S/C18H24N2O4/c1-11(2)20(10-12(3)21)18(22)16-13(4)24-17(19-16)14-6-8-15(23-5)9-7-14/h6-9,11-12,21H,10H2,1-5H3. The highest BCUT2D eigenvalue weighted by atomic mass is 16.5. The van der Waals surface area contributed by atoms with Crippen molar-refractivity contribution in [1.29, 1.82) is 0 Å². The maximum absolute atomic E-state index is 12.8. The summed E-state index contributed by atoms with van der Waals surface area (Å²) in [5, 5.41) is 9.62. The summed E-state index contributed by atoms with van der Waals surface area (Å²) in [5.41, 5.74) is 1.04. The Morgan fingerprint density at radius 1 is 1.29 bits per heavy atom. The monoisotopic (exact) mass is 332 g/mol. The van der Waals surface area contributed by atoms with Gasteiger partial charge in [0.15, 0.2) is 5.69 Å². The lowest BCUT2D eigenvalue weighted by Crippen LogP contribution is -2.41. The summed E-state index contributed by atoms with van der Waals surface area (Å²) in [6.07, 6.45) is -0.607. The van der Waals surface area contributed by atoms with Gasteiger partial charge in [0.1, 0.15) is 11.5 Å². The van der Waals surface area contributed by atoms with Gasteiger partial charge in [-0.25, -0.2) is 4.98 Å². The van der Waals surface area contributed by atoms with Crippen molar-refractivity contribution in [2.24, 2.45) is 0 Å². The van der Waals surface area contributed by atoms with Crippen LogP contribution in [0.1, 0.15) is 37.0 Å². The van der Waals surface area contributed by atoms with Crippen LogP contribution in [0.25, 0.3) is 11.5 Å². The highest BCUT2D eigenvalue weighted by Gasteiger charge is 2.26. The Labute approximate surface area is 142 Å². The highest BCUT2D eigenvalue weighted by molar-refractivity contribution is 5.94. The van der Waals surface area contributed by atoms with Crippen LogP contribution in [-0.2, 0) is 0 Å². The van der Waals surface area contributed by atoms with E-state index in [2.05, 4.69) is 4.98 Å². The first-order valence-electron chi connectivity index (χ1n) is 7.94. The maximum atomic E-state index is 12.8. The van der Waals surface area contributed by atoms with Crippen molar-refractivity contribution < 1.29 is 19.1 Å². The van der Waals surface area contributed by atoms with Gasteiger partial charge in [0, 0.05) is 18.2 Å². The lowest BCUT2D eigenvalue weighted by atomic mass is 10.2. The molecule has 2 rings (SSSR count). The first-order chi connectivity index (χ1) is 11.3. The zero-order valence-corrected chi connectivity index (χ0v) is 14.7. The third-order valence-electron chi connectivity index (χ3n) is 3.68. The van der Waals surface area contributed by atoms with Crippen molar-refractivity contribution in [3.8, 4) is 17.2 Å². The zero-order valence-electron chi connectivity index (χ0n) is 14.7. The molecule has 24 heavy (non-hydrogen) atoms. The fourth-order valence-electron chi connectivity index (χ4n) is 2.40. The Hall–Kier alpha value is -2.34. The third kappa shape index (κ3) is 3.94. The number of hydrogen-bond donors (Lipinski definition) is 1. The lowest BCUT2D eigenvalue weighted by Gasteiger charge is -2.27. The number of aliphatic hydroxyl groups excluding tert-OH is 1. The van der Waals surface area contributed by atoms with Crippen molar-refractivity contribution in [1.82, 2.24) is 9.88 Å². The second kappa shape index (κ2) is 7.49. The number of carbonyl (C=O) groups excluding carboxylic acids is 1. The molecular formula is C18H24N2O4. The smallest absolute Gasteiger partial charge is 0.276 e. The number of amides is 1. The first kappa shape index (κ1) is 18.0. The van der Waals surface area contributed by atoms with Crippen LogP contribution in [-0.4, -0.2) is 46.7 Å². The average Bonchev–Trinajstić information content (AvgIpc) is 2.93. The number of methoxy groups -OCH3 is 1. The minimum atomic E-state index is -0.607. The molecule has 130 valence electrons. The van der Waals surface area contributed by atoms with E-state index in [1.165, 1.54) is 0 Å². The maximum Gasteiger partial charge on any atom is 0.276 e. The van der Waals surface area contributed by atoms with Crippen molar-refractivity contribution >= 4 is 5.91 Å². The molecule has 1 amide bonds. The molecule has 1 aromatic heterocycles. The molecule has 0 aliphatic heterocycles. The third-order valence-corrected chi connectivity index (χ3v) is 3.68. The van der Waals surface area contributed by atoms with Crippen LogP contribution in [0.4, 0.5) is 0 Å². The van der Waals surface area contributed by atoms with Crippen molar-refractivity contribution in [2.45, 2.75) is 39.8 Å². The minimum Gasteiger partial charge on any atom is -0.497 e. The van der Waals surface area contributed by atoms with E-state index in [4.69, 9.17) is 9.15 Å². The molecule has 0 radical (unpaired) electrons. The second-order valence-electron chi connectivity index (χ2n) is 6.05. The first-order valence-corrected chi connectivity index (χ1v) is 7.94. The largest absolute Gasteiger partial charge is 0.497 e. The van der Waals surface area contributed by atoms with Gasteiger partial charge in [-0.3, -0.25) is 4.79 Å². The number of hydrogen-bond acceptors (Lipinski definition) is 5. The number of ether oxygens (including phenoxy) is 1. The van der Waals surface area contributed by atoms with Gasteiger partial charge in [0.25, 0.3) is 5.91 Å². The number of oxazole rings is 1. The molecule has 0 saturated carbocycles. The van der Waals surface area contributed by atoms with Gasteiger partial charge in [-0.1, -0.05) is 0 Å². The van der Waals surface area contributed by atoms with Crippen LogP contribution < -0.4 is 4.74 Å². The second-order valence-corrected chi connectivity index (χ2v) is 6.05. The molecule has 1 N–H and O–H groups in total. The molecule has 1 aromatic carbocycles. The summed E-state index contributed by atoms with van der Waals surface area (Å²) in [7, 11) is 1.60. The SMILES string of the molecule is COc1ccc(-c2nc(C(=O)N(CC(C)O)C(C)C)c(C)o2)cc1. The summed E-state index contributed by atoms with van der Waals surface area (Å²) < 4.78 is 10.8. The van der Waals surface area contributed by atoms with E-state index in [9.17, 15) is 9.90 Å². The number of nitrogens with zero attached hydrogens (tertiary/aromatic N) is 2. The Balaban J connectivity index is 2.31. The summed E-state index contributed by atoms with van der Waals surface area (Å²) in [6.45, 7) is 7.43. The summed E-state index contributed by atoms with van der Waals surface area (Å²) in [4.78, 5) is 18.7. The van der Waals surface area contributed by atoms with Gasteiger partial charge < -0.3 is 19.2 Å². The normalized spacial score (nSPS) is 12.3. The Bertz CT molecular complexity index is 690. The molecule has 2 aromatic rings. The number of carbonyl (C=O) groups is 1. The van der Waals surface area contributed by atoms with E-state index >= 15 is 0 Å². The van der Waals surface area contributed by atoms with E-state index in [0.29, 0.717) is 11.7 Å². The van der Waals surface area contributed by atoms with Gasteiger partial charge in [-0.2, -0.15) is 0 Å². The Kier molecular flexibility index (Phi) is 5.62. The topological polar surface area (TPSA) is 75.8 Å². The summed E-state index contributed by atoms with van der Waals surface area (Å²) in [6, 6.07) is 7.23. The van der Waals surface area contributed by atoms with Crippen LogP contribution >= 0.6 is 0 Å². The number of aromatic nitrogens is 1. The van der Waals surface area contributed by atoms with Crippen LogP contribution in [0.15, 0.2) is 28.7 Å². The zero-order chi connectivity index (χ0) is 17.9. The van der Waals surface area contributed by atoms with Crippen LogP contribution in [0.2, 0.25) is 0 Å².